The average Bonchev–Trinajstić information content (AvgIpc) is 3.00. The Morgan fingerprint density at radius 3 is 2.55 bits per heavy atom. The molecule has 9 heteroatoms. The van der Waals surface area contributed by atoms with Crippen molar-refractivity contribution < 1.29 is 17.6 Å². The number of carbonyl (C=O) groups excluding carboxylic acids is 1. The number of nitrogens with one attached hydrogen (secondary N) is 1. The number of fused-ring (bicyclic) bond motifs is 1. The number of hydrogen-bond donors (Lipinski definition) is 1. The quantitative estimate of drug-likeness (QED) is 0.668. The Morgan fingerprint density at radius 2 is 1.84 bits per heavy atom. The van der Waals surface area contributed by atoms with Crippen LogP contribution in [0.5, 0.6) is 0 Å². The molecule has 1 fully saturated rings. The van der Waals surface area contributed by atoms with Crippen LogP contribution in [-0.4, -0.2) is 36.3 Å². The molecule has 8 nitrogen and oxygen atoms in total. The van der Waals surface area contributed by atoms with Gasteiger partial charge in [-0.1, -0.05) is 6.07 Å². The van der Waals surface area contributed by atoms with Crippen molar-refractivity contribution in [3.63, 3.8) is 0 Å². The van der Waals surface area contributed by atoms with E-state index in [4.69, 9.17) is 4.42 Å². The normalized spacial score (nSPS) is 17.7. The van der Waals surface area contributed by atoms with Crippen LogP contribution < -0.4 is 11.1 Å². The Hall–Kier alpha value is -2.91. The standard InChI is InChI=1S/C22H25N3O5S/c1-14-9-15(2)11-17(10-14)23-21(26)16-5-4-8-25(13-16)31(28,29)18-6-7-19-20(12-18)30-22(27)24(19)3/h6-7,9-12,16H,4-5,8,13H2,1-3H3,(H,23,26). The van der Waals surface area contributed by atoms with Gasteiger partial charge in [-0.05, 0) is 62.1 Å². The molecule has 1 aliphatic heterocycles. The van der Waals surface area contributed by atoms with E-state index in [0.717, 1.165) is 11.1 Å². The second-order valence-corrected chi connectivity index (χ2v) is 10.1. The molecule has 31 heavy (non-hydrogen) atoms. The number of carbonyl (C=O) groups is 1. The molecule has 1 N–H and O–H groups in total. The van der Waals surface area contributed by atoms with Crippen molar-refractivity contribution in [2.75, 3.05) is 18.4 Å². The first-order chi connectivity index (χ1) is 14.6. The minimum Gasteiger partial charge on any atom is -0.408 e. The van der Waals surface area contributed by atoms with Crippen molar-refractivity contribution in [3.05, 3.63) is 58.1 Å². The Bertz CT molecular complexity index is 1300. The van der Waals surface area contributed by atoms with Crippen LogP contribution in [0.2, 0.25) is 0 Å². The first kappa shape index (κ1) is 21.3. The minimum atomic E-state index is -3.83. The molecule has 1 amide bonds. The molecule has 1 saturated heterocycles. The van der Waals surface area contributed by atoms with Crippen molar-refractivity contribution in [1.82, 2.24) is 8.87 Å². The lowest BCUT2D eigenvalue weighted by atomic mass is 9.98. The smallest absolute Gasteiger partial charge is 0.408 e. The Labute approximate surface area is 180 Å². The average molecular weight is 444 g/mol. The molecule has 0 spiro atoms. The summed E-state index contributed by atoms with van der Waals surface area (Å²) in [5.74, 6) is -1.18. The Kier molecular flexibility index (Phi) is 5.49. The van der Waals surface area contributed by atoms with Gasteiger partial charge in [0.1, 0.15) is 0 Å². The van der Waals surface area contributed by atoms with Gasteiger partial charge in [0, 0.05) is 31.9 Å². The number of oxazole rings is 1. The molecule has 1 unspecified atom stereocenters. The van der Waals surface area contributed by atoms with Crippen LogP contribution in [0.1, 0.15) is 24.0 Å². The van der Waals surface area contributed by atoms with Crippen molar-refractivity contribution in [2.45, 2.75) is 31.6 Å². The number of benzene rings is 2. The lowest BCUT2D eigenvalue weighted by Crippen LogP contribution is -2.43. The maximum Gasteiger partial charge on any atom is 0.419 e. The molecule has 1 aliphatic rings. The highest BCUT2D eigenvalue weighted by atomic mass is 32.2. The summed E-state index contributed by atoms with van der Waals surface area (Å²) in [5.41, 5.74) is 3.55. The zero-order chi connectivity index (χ0) is 22.3. The SMILES string of the molecule is Cc1cc(C)cc(NC(=O)C2CCCN(S(=O)(=O)c3ccc4c(c3)oc(=O)n4C)C2)c1. The predicted molar refractivity (Wildman–Crippen MR) is 117 cm³/mol. The number of hydrogen-bond acceptors (Lipinski definition) is 5. The van der Waals surface area contributed by atoms with Gasteiger partial charge in [-0.25, -0.2) is 13.2 Å². The summed E-state index contributed by atoms with van der Waals surface area (Å²) in [6.07, 6.45) is 1.21. The number of aryl methyl sites for hydroxylation is 3. The number of rotatable bonds is 4. The predicted octanol–water partition coefficient (Wildman–Crippen LogP) is 2.79. The largest absolute Gasteiger partial charge is 0.419 e. The summed E-state index contributed by atoms with van der Waals surface area (Å²) in [6.45, 7) is 4.37. The van der Waals surface area contributed by atoms with E-state index in [2.05, 4.69) is 5.32 Å². The van der Waals surface area contributed by atoms with E-state index in [1.807, 2.05) is 32.0 Å². The molecule has 4 rings (SSSR count). The second kappa shape index (κ2) is 7.97. The van der Waals surface area contributed by atoms with Crippen molar-refractivity contribution in [2.24, 2.45) is 13.0 Å². The van der Waals surface area contributed by atoms with Crippen LogP contribution in [0, 0.1) is 19.8 Å². The van der Waals surface area contributed by atoms with Gasteiger partial charge in [-0.2, -0.15) is 4.31 Å². The van der Waals surface area contributed by atoms with Crippen molar-refractivity contribution >= 4 is 32.7 Å². The summed E-state index contributed by atoms with van der Waals surface area (Å²) in [7, 11) is -2.27. The zero-order valence-electron chi connectivity index (χ0n) is 17.7. The van der Waals surface area contributed by atoms with Crippen LogP contribution in [0.25, 0.3) is 11.1 Å². The molecule has 0 aliphatic carbocycles. The summed E-state index contributed by atoms with van der Waals surface area (Å²) >= 11 is 0. The van der Waals surface area contributed by atoms with Gasteiger partial charge in [0.2, 0.25) is 15.9 Å². The first-order valence-electron chi connectivity index (χ1n) is 10.1. The number of nitrogens with zero attached hydrogens (tertiary/aromatic N) is 2. The highest BCUT2D eigenvalue weighted by molar-refractivity contribution is 7.89. The van der Waals surface area contributed by atoms with Crippen molar-refractivity contribution in [3.8, 4) is 0 Å². The number of anilines is 1. The highest BCUT2D eigenvalue weighted by Gasteiger charge is 2.33. The number of piperidine rings is 1. The van der Waals surface area contributed by atoms with Crippen LogP contribution in [0.15, 0.2) is 50.5 Å². The molecule has 0 bridgehead atoms. The van der Waals surface area contributed by atoms with Gasteiger partial charge >= 0.3 is 5.76 Å². The van der Waals surface area contributed by atoms with E-state index in [-0.39, 0.29) is 22.9 Å². The summed E-state index contributed by atoms with van der Waals surface area (Å²) < 4.78 is 34.2. The summed E-state index contributed by atoms with van der Waals surface area (Å²) in [4.78, 5) is 24.6. The van der Waals surface area contributed by atoms with Gasteiger partial charge in [-0.3, -0.25) is 9.36 Å². The van der Waals surface area contributed by atoms with Gasteiger partial charge in [0.25, 0.3) is 0 Å². The minimum absolute atomic E-state index is 0.0460. The highest BCUT2D eigenvalue weighted by Crippen LogP contribution is 2.27. The topological polar surface area (TPSA) is 102 Å². The molecule has 1 aromatic heterocycles. The fraction of sp³-hybridized carbons (Fsp3) is 0.364. The van der Waals surface area contributed by atoms with Gasteiger partial charge in [-0.15, -0.1) is 0 Å². The van der Waals surface area contributed by atoms with Crippen LogP contribution in [0.4, 0.5) is 5.69 Å². The van der Waals surface area contributed by atoms with E-state index >= 15 is 0 Å². The fourth-order valence-electron chi connectivity index (χ4n) is 4.09. The fourth-order valence-corrected chi connectivity index (χ4v) is 5.63. The Morgan fingerprint density at radius 1 is 1.13 bits per heavy atom. The molecular weight excluding hydrogens is 418 g/mol. The van der Waals surface area contributed by atoms with E-state index < -0.39 is 21.7 Å². The molecule has 2 heterocycles. The monoisotopic (exact) mass is 443 g/mol. The third kappa shape index (κ3) is 4.15. The summed E-state index contributed by atoms with van der Waals surface area (Å²) in [5, 5.41) is 2.93. The molecule has 0 radical (unpaired) electrons. The molecule has 1 atom stereocenters. The molecular formula is C22H25N3O5S. The maximum atomic E-state index is 13.2. The van der Waals surface area contributed by atoms with E-state index in [0.29, 0.717) is 30.6 Å². The zero-order valence-corrected chi connectivity index (χ0v) is 18.5. The van der Waals surface area contributed by atoms with E-state index in [1.54, 1.807) is 13.1 Å². The lowest BCUT2D eigenvalue weighted by molar-refractivity contribution is -0.120. The maximum absolute atomic E-state index is 13.2. The summed E-state index contributed by atoms with van der Waals surface area (Å²) in [6, 6.07) is 10.2. The third-order valence-corrected chi connectivity index (χ3v) is 7.51. The van der Waals surface area contributed by atoms with E-state index in [9.17, 15) is 18.0 Å². The first-order valence-corrected chi connectivity index (χ1v) is 11.6. The van der Waals surface area contributed by atoms with Crippen LogP contribution in [0.3, 0.4) is 0 Å². The Balaban J connectivity index is 1.54. The van der Waals surface area contributed by atoms with Crippen LogP contribution >= 0.6 is 0 Å². The van der Waals surface area contributed by atoms with Crippen LogP contribution in [-0.2, 0) is 21.9 Å². The third-order valence-electron chi connectivity index (χ3n) is 5.65. The molecule has 0 saturated carbocycles. The van der Waals surface area contributed by atoms with Gasteiger partial charge in [0.05, 0.1) is 16.3 Å². The molecule has 3 aromatic rings. The lowest BCUT2D eigenvalue weighted by Gasteiger charge is -2.31. The molecule has 2 aromatic carbocycles. The van der Waals surface area contributed by atoms with E-state index in [1.165, 1.54) is 21.0 Å². The number of amides is 1. The second-order valence-electron chi connectivity index (χ2n) is 8.12. The number of aromatic nitrogens is 1. The number of sulfonamides is 1. The van der Waals surface area contributed by atoms with Crippen molar-refractivity contribution in [1.29, 1.82) is 0 Å². The van der Waals surface area contributed by atoms with Gasteiger partial charge in [0.15, 0.2) is 5.58 Å². The molecule has 164 valence electrons. The van der Waals surface area contributed by atoms with Gasteiger partial charge < -0.3 is 9.73 Å².